The van der Waals surface area contributed by atoms with Crippen LogP contribution in [0.15, 0.2) is 40.9 Å². The lowest BCUT2D eigenvalue weighted by Crippen LogP contribution is -2.50. The number of hydrogen-bond acceptors (Lipinski definition) is 4. The van der Waals surface area contributed by atoms with Gasteiger partial charge in [0.05, 0.1) is 12.2 Å². The summed E-state index contributed by atoms with van der Waals surface area (Å²) in [6.07, 6.45) is 6.02. The number of carbonyl (C=O) groups excluding carboxylic acids is 1. The van der Waals surface area contributed by atoms with Crippen molar-refractivity contribution in [2.45, 2.75) is 51.2 Å². The highest BCUT2D eigenvalue weighted by molar-refractivity contribution is 5.92. The van der Waals surface area contributed by atoms with Crippen molar-refractivity contribution in [3.63, 3.8) is 0 Å². The number of carbonyl (C=O) groups is 1. The molecule has 1 aliphatic carbocycles. The molecule has 138 valence electrons. The lowest BCUT2D eigenvalue weighted by atomic mass is 10.1. The van der Waals surface area contributed by atoms with Gasteiger partial charge < -0.3 is 14.2 Å². The minimum absolute atomic E-state index is 0.0740. The number of aromatic nitrogens is 1. The van der Waals surface area contributed by atoms with Crippen molar-refractivity contribution >= 4 is 5.91 Å². The quantitative estimate of drug-likeness (QED) is 0.782. The molecule has 26 heavy (non-hydrogen) atoms. The van der Waals surface area contributed by atoms with E-state index in [9.17, 15) is 4.79 Å². The fourth-order valence-corrected chi connectivity index (χ4v) is 3.63. The van der Waals surface area contributed by atoms with Crippen LogP contribution in [0.3, 0.4) is 0 Å². The molecule has 1 aliphatic heterocycles. The fourth-order valence-electron chi connectivity index (χ4n) is 3.63. The van der Waals surface area contributed by atoms with Gasteiger partial charge >= 0.3 is 0 Å². The second-order valence-corrected chi connectivity index (χ2v) is 7.43. The van der Waals surface area contributed by atoms with Crippen LogP contribution in [0.2, 0.25) is 0 Å². The van der Waals surface area contributed by atoms with Gasteiger partial charge in [0.1, 0.15) is 5.69 Å². The molecule has 1 saturated heterocycles. The average Bonchev–Trinajstić information content (AvgIpc) is 3.43. The highest BCUT2D eigenvalue weighted by Gasteiger charge is 2.40. The molecule has 2 heterocycles. The molecule has 2 aliphatic rings. The van der Waals surface area contributed by atoms with E-state index in [2.05, 4.69) is 12.1 Å². The first kappa shape index (κ1) is 17.3. The number of rotatable bonds is 6. The predicted octanol–water partition coefficient (Wildman–Crippen LogP) is 4.15. The minimum atomic E-state index is -0.0740. The molecule has 0 spiro atoms. The van der Waals surface area contributed by atoms with Crippen LogP contribution in [0.4, 0.5) is 0 Å². The zero-order chi connectivity index (χ0) is 17.9. The molecule has 2 fully saturated rings. The SMILES string of the molecule is CCCC[C@@H]1CN(C(=O)c2cc(-c3ccccc3)no2)C[C@H](C2CC2)O1. The van der Waals surface area contributed by atoms with Gasteiger partial charge in [0.15, 0.2) is 0 Å². The molecule has 0 bridgehead atoms. The summed E-state index contributed by atoms with van der Waals surface area (Å²) in [6.45, 7) is 3.49. The Labute approximate surface area is 154 Å². The fraction of sp³-hybridized carbons (Fsp3) is 0.524. The summed E-state index contributed by atoms with van der Waals surface area (Å²) in [7, 11) is 0. The van der Waals surface area contributed by atoms with Crippen LogP contribution < -0.4 is 0 Å². The van der Waals surface area contributed by atoms with Crippen molar-refractivity contribution in [1.29, 1.82) is 0 Å². The molecule has 0 radical (unpaired) electrons. The maximum Gasteiger partial charge on any atom is 0.292 e. The molecular weight excluding hydrogens is 328 g/mol. The molecule has 2 atom stereocenters. The molecule has 5 nitrogen and oxygen atoms in total. The topological polar surface area (TPSA) is 55.6 Å². The van der Waals surface area contributed by atoms with E-state index in [0.717, 1.165) is 24.8 Å². The number of morpholine rings is 1. The zero-order valence-electron chi connectivity index (χ0n) is 15.3. The van der Waals surface area contributed by atoms with Gasteiger partial charge in [-0.25, -0.2) is 0 Å². The highest BCUT2D eigenvalue weighted by Crippen LogP contribution is 2.37. The summed E-state index contributed by atoms with van der Waals surface area (Å²) in [5, 5.41) is 4.08. The van der Waals surface area contributed by atoms with Crippen LogP contribution in [-0.2, 0) is 4.74 Å². The predicted molar refractivity (Wildman–Crippen MR) is 98.8 cm³/mol. The normalized spacial score (nSPS) is 23.2. The van der Waals surface area contributed by atoms with E-state index in [1.165, 1.54) is 12.8 Å². The summed E-state index contributed by atoms with van der Waals surface area (Å²) in [5.74, 6) is 0.856. The number of unbranched alkanes of at least 4 members (excludes halogenated alkanes) is 1. The van der Waals surface area contributed by atoms with Gasteiger partial charge in [-0.2, -0.15) is 0 Å². The van der Waals surface area contributed by atoms with Gasteiger partial charge in [-0.3, -0.25) is 4.79 Å². The van der Waals surface area contributed by atoms with Crippen molar-refractivity contribution in [1.82, 2.24) is 10.1 Å². The Balaban J connectivity index is 1.48. The molecule has 1 amide bonds. The monoisotopic (exact) mass is 354 g/mol. The van der Waals surface area contributed by atoms with Gasteiger partial charge in [0.2, 0.25) is 5.76 Å². The lowest BCUT2D eigenvalue weighted by molar-refractivity contribution is -0.0879. The number of benzene rings is 1. The summed E-state index contributed by atoms with van der Waals surface area (Å²) in [4.78, 5) is 14.9. The van der Waals surface area contributed by atoms with Crippen molar-refractivity contribution in [3.05, 3.63) is 42.2 Å². The van der Waals surface area contributed by atoms with Crippen molar-refractivity contribution in [2.24, 2.45) is 5.92 Å². The van der Waals surface area contributed by atoms with Crippen LogP contribution in [0, 0.1) is 5.92 Å². The van der Waals surface area contributed by atoms with Gasteiger partial charge in [0, 0.05) is 24.7 Å². The van der Waals surface area contributed by atoms with E-state index in [4.69, 9.17) is 9.26 Å². The van der Waals surface area contributed by atoms with Gasteiger partial charge in [-0.1, -0.05) is 55.3 Å². The standard InChI is InChI=1S/C21H26N2O3/c1-2-3-9-17-13-23(14-20(25-17)16-10-11-16)21(24)19-12-18(22-26-19)15-7-5-4-6-8-15/h4-8,12,16-17,20H,2-3,9-11,13-14H2,1H3/t17-,20-/m1/s1. The zero-order valence-corrected chi connectivity index (χ0v) is 15.3. The molecule has 2 aromatic rings. The maximum absolute atomic E-state index is 13.0. The average molecular weight is 354 g/mol. The van der Waals surface area contributed by atoms with E-state index in [1.807, 2.05) is 35.2 Å². The Morgan fingerprint density at radius 3 is 2.77 bits per heavy atom. The third-order valence-corrected chi connectivity index (χ3v) is 5.30. The number of ether oxygens (including phenoxy) is 1. The molecule has 4 rings (SSSR count). The summed E-state index contributed by atoms with van der Waals surface area (Å²) in [6, 6.07) is 11.5. The Morgan fingerprint density at radius 1 is 1.23 bits per heavy atom. The third-order valence-electron chi connectivity index (χ3n) is 5.30. The van der Waals surface area contributed by atoms with E-state index in [1.54, 1.807) is 6.07 Å². The summed E-state index contributed by atoms with van der Waals surface area (Å²) >= 11 is 0. The lowest BCUT2D eigenvalue weighted by Gasteiger charge is -2.38. The van der Waals surface area contributed by atoms with Gasteiger partial charge in [-0.15, -0.1) is 0 Å². The second-order valence-electron chi connectivity index (χ2n) is 7.43. The first-order chi connectivity index (χ1) is 12.7. The molecule has 1 aromatic carbocycles. The van der Waals surface area contributed by atoms with Crippen LogP contribution in [0.1, 0.15) is 49.6 Å². The van der Waals surface area contributed by atoms with Crippen LogP contribution >= 0.6 is 0 Å². The Hall–Kier alpha value is -2.14. The smallest absolute Gasteiger partial charge is 0.292 e. The van der Waals surface area contributed by atoms with Crippen LogP contribution in [0.5, 0.6) is 0 Å². The highest BCUT2D eigenvalue weighted by atomic mass is 16.5. The molecular formula is C21H26N2O3. The van der Waals surface area contributed by atoms with E-state index < -0.39 is 0 Å². The third kappa shape index (κ3) is 3.83. The molecule has 0 N–H and O–H groups in total. The van der Waals surface area contributed by atoms with E-state index in [0.29, 0.717) is 30.5 Å². The van der Waals surface area contributed by atoms with Crippen molar-refractivity contribution in [2.75, 3.05) is 13.1 Å². The van der Waals surface area contributed by atoms with Crippen LogP contribution in [-0.4, -0.2) is 41.3 Å². The molecule has 5 heteroatoms. The Bertz CT molecular complexity index is 739. The first-order valence-electron chi connectivity index (χ1n) is 9.71. The molecule has 1 aromatic heterocycles. The van der Waals surface area contributed by atoms with E-state index >= 15 is 0 Å². The molecule has 0 unspecified atom stereocenters. The largest absolute Gasteiger partial charge is 0.371 e. The minimum Gasteiger partial charge on any atom is -0.371 e. The number of hydrogen-bond donors (Lipinski definition) is 0. The van der Waals surface area contributed by atoms with Gasteiger partial charge in [0.25, 0.3) is 5.91 Å². The molecule has 1 saturated carbocycles. The summed E-state index contributed by atoms with van der Waals surface area (Å²) in [5.41, 5.74) is 1.65. The maximum atomic E-state index is 13.0. The van der Waals surface area contributed by atoms with Crippen LogP contribution in [0.25, 0.3) is 11.3 Å². The van der Waals surface area contributed by atoms with Crippen molar-refractivity contribution in [3.8, 4) is 11.3 Å². The number of amides is 1. The first-order valence-corrected chi connectivity index (χ1v) is 9.71. The Kier molecular flexibility index (Phi) is 5.07. The van der Waals surface area contributed by atoms with Gasteiger partial charge in [-0.05, 0) is 25.2 Å². The number of nitrogens with zero attached hydrogens (tertiary/aromatic N) is 2. The Morgan fingerprint density at radius 2 is 2.04 bits per heavy atom. The van der Waals surface area contributed by atoms with Crippen molar-refractivity contribution < 1.29 is 14.1 Å². The summed E-state index contributed by atoms with van der Waals surface area (Å²) < 4.78 is 11.6. The second kappa shape index (κ2) is 7.62. The van der Waals surface area contributed by atoms with E-state index in [-0.39, 0.29) is 18.1 Å².